The fraction of sp³-hybridized carbons (Fsp3) is 0.429. The highest BCUT2D eigenvalue weighted by molar-refractivity contribution is 7.91. The number of amides is 1. The van der Waals surface area contributed by atoms with Crippen LogP contribution in [0, 0.1) is 5.92 Å². The molecule has 5 nitrogen and oxygen atoms in total. The minimum Gasteiger partial charge on any atom is -0.273 e. The Morgan fingerprint density at radius 3 is 2.74 bits per heavy atom. The molecule has 1 aliphatic heterocycles. The van der Waals surface area contributed by atoms with E-state index < -0.39 is 27.5 Å². The summed E-state index contributed by atoms with van der Waals surface area (Å²) in [5, 5.41) is 3.60. The summed E-state index contributed by atoms with van der Waals surface area (Å²) < 4.78 is 60.2. The number of halogens is 3. The molecule has 0 spiro atoms. The van der Waals surface area contributed by atoms with Crippen molar-refractivity contribution in [3.63, 3.8) is 0 Å². The summed E-state index contributed by atoms with van der Waals surface area (Å²) >= 11 is 0. The van der Waals surface area contributed by atoms with Crippen molar-refractivity contribution >= 4 is 22.0 Å². The van der Waals surface area contributed by atoms with E-state index in [1.165, 1.54) is 12.1 Å². The van der Waals surface area contributed by atoms with Gasteiger partial charge in [0, 0.05) is 6.42 Å². The molecule has 0 unspecified atom stereocenters. The van der Waals surface area contributed by atoms with Gasteiger partial charge in [0.25, 0.3) is 0 Å². The summed E-state index contributed by atoms with van der Waals surface area (Å²) in [5.74, 6) is -0.630. The number of hydrogen-bond donors (Lipinski definition) is 1. The number of carbonyl (C=O) groups excluding carboxylic acids is 1. The molecule has 1 aromatic rings. The van der Waals surface area contributed by atoms with Gasteiger partial charge in [0.1, 0.15) is 0 Å². The molecule has 0 bridgehead atoms. The first-order valence-corrected chi connectivity index (χ1v) is 8.67. The molecule has 1 aromatic carbocycles. The molecule has 1 heterocycles. The first-order chi connectivity index (χ1) is 10.7. The van der Waals surface area contributed by atoms with Crippen molar-refractivity contribution in [1.29, 1.82) is 0 Å². The second kappa shape index (κ2) is 6.69. The van der Waals surface area contributed by atoms with E-state index in [0.29, 0.717) is 6.42 Å². The third-order valence-corrected chi connectivity index (χ3v) is 5.25. The summed E-state index contributed by atoms with van der Waals surface area (Å²) in [4.78, 5) is 11.6. The number of alkyl halides is 3. The Morgan fingerprint density at radius 1 is 1.39 bits per heavy atom. The molecule has 0 aromatic heterocycles. The minimum absolute atomic E-state index is 0.0161. The van der Waals surface area contributed by atoms with Crippen LogP contribution in [-0.2, 0) is 20.8 Å². The average molecular weight is 348 g/mol. The lowest BCUT2D eigenvalue weighted by Crippen LogP contribution is -2.21. The molecule has 1 saturated heterocycles. The summed E-state index contributed by atoms with van der Waals surface area (Å²) in [5.41, 5.74) is 1.59. The summed E-state index contributed by atoms with van der Waals surface area (Å²) in [7, 11) is -3.05. The standard InChI is InChI=1S/C14H15F3N2O3S/c15-14(16,17)12-3-1-2-10(6-12)8-18-19-13(20)7-11-4-5-23(21,22)9-11/h1-3,6,8,11H,4-5,7,9H2,(H,19,20)/b18-8-/t11-/m0/s1. The number of nitrogens with one attached hydrogen (secondary N) is 1. The molecule has 0 saturated carbocycles. The monoisotopic (exact) mass is 348 g/mol. The highest BCUT2D eigenvalue weighted by Gasteiger charge is 2.30. The molecule has 126 valence electrons. The maximum absolute atomic E-state index is 12.5. The predicted octanol–water partition coefficient (Wildman–Crippen LogP) is 1.98. The highest BCUT2D eigenvalue weighted by Crippen LogP contribution is 2.29. The third kappa shape index (κ3) is 5.34. The molecular weight excluding hydrogens is 333 g/mol. The quantitative estimate of drug-likeness (QED) is 0.668. The van der Waals surface area contributed by atoms with E-state index in [1.54, 1.807) is 0 Å². The van der Waals surface area contributed by atoms with Gasteiger partial charge in [0.15, 0.2) is 9.84 Å². The summed E-state index contributed by atoms with van der Waals surface area (Å²) in [6.07, 6.45) is -2.87. The van der Waals surface area contributed by atoms with Crippen molar-refractivity contribution in [3.8, 4) is 0 Å². The number of benzene rings is 1. The Bertz CT molecular complexity index is 714. The largest absolute Gasteiger partial charge is 0.416 e. The molecule has 1 amide bonds. The lowest BCUT2D eigenvalue weighted by atomic mass is 10.1. The van der Waals surface area contributed by atoms with Crippen molar-refractivity contribution in [3.05, 3.63) is 35.4 Å². The van der Waals surface area contributed by atoms with Gasteiger partial charge >= 0.3 is 6.18 Å². The Hall–Kier alpha value is -1.90. The van der Waals surface area contributed by atoms with Crippen LogP contribution in [0.5, 0.6) is 0 Å². The van der Waals surface area contributed by atoms with Gasteiger partial charge in [-0.25, -0.2) is 13.8 Å². The van der Waals surface area contributed by atoms with Crippen LogP contribution in [-0.4, -0.2) is 32.0 Å². The van der Waals surface area contributed by atoms with Gasteiger partial charge < -0.3 is 0 Å². The SMILES string of the molecule is O=C(C[C@@H]1CCS(=O)(=O)C1)N/N=C\c1cccc(C(F)(F)F)c1. The van der Waals surface area contributed by atoms with E-state index in [-0.39, 0.29) is 29.4 Å². The number of carbonyl (C=O) groups is 1. The van der Waals surface area contributed by atoms with Gasteiger partial charge in [0.2, 0.25) is 5.91 Å². The molecule has 23 heavy (non-hydrogen) atoms. The lowest BCUT2D eigenvalue weighted by Gasteiger charge is -2.07. The van der Waals surface area contributed by atoms with E-state index in [9.17, 15) is 26.4 Å². The van der Waals surface area contributed by atoms with E-state index in [4.69, 9.17) is 0 Å². The van der Waals surface area contributed by atoms with Crippen LogP contribution in [0.3, 0.4) is 0 Å². The fourth-order valence-corrected chi connectivity index (χ4v) is 4.18. The van der Waals surface area contributed by atoms with Gasteiger partial charge in [-0.2, -0.15) is 18.3 Å². The molecule has 1 atom stereocenters. The second-order valence-corrected chi connectivity index (χ2v) is 7.62. The Labute approximate surface area is 131 Å². The van der Waals surface area contributed by atoms with Gasteiger partial charge in [0.05, 0.1) is 23.3 Å². The zero-order valence-corrected chi connectivity index (χ0v) is 12.8. The number of hydrogen-bond acceptors (Lipinski definition) is 4. The third-order valence-electron chi connectivity index (χ3n) is 3.42. The van der Waals surface area contributed by atoms with Crippen LogP contribution in [0.25, 0.3) is 0 Å². The Balaban J connectivity index is 1.88. The lowest BCUT2D eigenvalue weighted by molar-refractivity contribution is -0.137. The fourth-order valence-electron chi connectivity index (χ4n) is 2.31. The van der Waals surface area contributed by atoms with Crippen LogP contribution >= 0.6 is 0 Å². The Kier molecular flexibility index (Phi) is 5.08. The van der Waals surface area contributed by atoms with Crippen molar-refractivity contribution in [2.45, 2.75) is 19.0 Å². The average Bonchev–Trinajstić information content (AvgIpc) is 2.77. The predicted molar refractivity (Wildman–Crippen MR) is 78.6 cm³/mol. The molecule has 1 N–H and O–H groups in total. The van der Waals surface area contributed by atoms with Crippen LogP contribution < -0.4 is 5.43 Å². The van der Waals surface area contributed by atoms with Gasteiger partial charge in [-0.3, -0.25) is 4.79 Å². The van der Waals surface area contributed by atoms with Crippen LogP contribution in [0.2, 0.25) is 0 Å². The molecular formula is C14H15F3N2O3S. The highest BCUT2D eigenvalue weighted by atomic mass is 32.2. The first kappa shape index (κ1) is 17.5. The van der Waals surface area contributed by atoms with Crippen molar-refractivity contribution < 1.29 is 26.4 Å². The van der Waals surface area contributed by atoms with Gasteiger partial charge in [-0.1, -0.05) is 12.1 Å². The molecule has 1 aliphatic rings. The zero-order chi connectivity index (χ0) is 17.1. The number of nitrogens with zero attached hydrogens (tertiary/aromatic N) is 1. The van der Waals surface area contributed by atoms with Crippen molar-refractivity contribution in [1.82, 2.24) is 5.43 Å². The molecule has 0 aliphatic carbocycles. The normalized spacial score (nSPS) is 20.7. The van der Waals surface area contributed by atoms with E-state index in [0.717, 1.165) is 18.3 Å². The van der Waals surface area contributed by atoms with Crippen LogP contribution in [0.15, 0.2) is 29.4 Å². The van der Waals surface area contributed by atoms with Gasteiger partial charge in [-0.05, 0) is 30.0 Å². The number of sulfone groups is 1. The molecule has 2 rings (SSSR count). The molecule has 0 radical (unpaired) electrons. The maximum Gasteiger partial charge on any atom is 0.416 e. The van der Waals surface area contributed by atoms with Crippen molar-refractivity contribution in [2.75, 3.05) is 11.5 Å². The zero-order valence-electron chi connectivity index (χ0n) is 12.0. The summed E-state index contributed by atoms with van der Waals surface area (Å²) in [6.45, 7) is 0. The minimum atomic E-state index is -4.44. The number of rotatable bonds is 4. The molecule has 9 heteroatoms. The second-order valence-electron chi connectivity index (χ2n) is 5.39. The maximum atomic E-state index is 12.5. The summed E-state index contributed by atoms with van der Waals surface area (Å²) in [6, 6.07) is 4.53. The Morgan fingerprint density at radius 2 is 2.13 bits per heavy atom. The van der Waals surface area contributed by atoms with Gasteiger partial charge in [-0.15, -0.1) is 0 Å². The van der Waals surface area contributed by atoms with Crippen LogP contribution in [0.4, 0.5) is 13.2 Å². The van der Waals surface area contributed by atoms with E-state index in [2.05, 4.69) is 10.5 Å². The van der Waals surface area contributed by atoms with Crippen LogP contribution in [0.1, 0.15) is 24.0 Å². The smallest absolute Gasteiger partial charge is 0.273 e. The molecule has 1 fully saturated rings. The van der Waals surface area contributed by atoms with Crippen molar-refractivity contribution in [2.24, 2.45) is 11.0 Å². The first-order valence-electron chi connectivity index (χ1n) is 6.85. The number of hydrazone groups is 1. The van der Waals surface area contributed by atoms with E-state index in [1.807, 2.05) is 0 Å². The van der Waals surface area contributed by atoms with E-state index >= 15 is 0 Å². The topological polar surface area (TPSA) is 75.6 Å².